The van der Waals surface area contributed by atoms with Crippen molar-refractivity contribution < 1.29 is 9.59 Å². The van der Waals surface area contributed by atoms with Gasteiger partial charge in [0.1, 0.15) is 11.0 Å². The van der Waals surface area contributed by atoms with Crippen LogP contribution in [0.15, 0.2) is 54.6 Å². The van der Waals surface area contributed by atoms with Crippen LogP contribution in [-0.2, 0) is 11.2 Å². The van der Waals surface area contributed by atoms with Gasteiger partial charge in [0.05, 0.1) is 0 Å². The Balaban J connectivity index is 1.43. The highest BCUT2D eigenvalue weighted by Crippen LogP contribution is 2.27. The molecule has 0 bridgehead atoms. The van der Waals surface area contributed by atoms with Crippen LogP contribution in [0.25, 0.3) is 10.6 Å². The SMILES string of the molecule is O=C(NC1CCCCC1)NC(Cc1ccccc1)C(=O)Nc1nnc(-c2ccc(Cl)cc2)s1. The molecule has 172 valence electrons. The number of carbonyl (C=O) groups excluding carboxylic acids is 2. The number of hydrogen-bond acceptors (Lipinski definition) is 5. The van der Waals surface area contributed by atoms with Crippen LogP contribution in [0, 0.1) is 0 Å². The lowest BCUT2D eigenvalue weighted by Crippen LogP contribution is -2.51. The molecule has 1 aliphatic carbocycles. The van der Waals surface area contributed by atoms with Gasteiger partial charge in [0.25, 0.3) is 0 Å². The van der Waals surface area contributed by atoms with Crippen molar-refractivity contribution in [2.75, 3.05) is 5.32 Å². The number of amides is 3. The molecule has 4 rings (SSSR count). The normalized spacial score (nSPS) is 14.9. The van der Waals surface area contributed by atoms with Crippen molar-refractivity contribution in [3.05, 3.63) is 65.2 Å². The molecule has 1 fully saturated rings. The quantitative estimate of drug-likeness (QED) is 0.438. The lowest BCUT2D eigenvalue weighted by Gasteiger charge is -2.25. The molecule has 1 unspecified atom stereocenters. The van der Waals surface area contributed by atoms with Crippen LogP contribution in [-0.4, -0.2) is 34.2 Å². The molecule has 1 aliphatic rings. The van der Waals surface area contributed by atoms with Crippen molar-refractivity contribution >= 4 is 40.0 Å². The molecule has 1 saturated carbocycles. The summed E-state index contributed by atoms with van der Waals surface area (Å²) in [5.41, 5.74) is 1.82. The first-order valence-corrected chi connectivity index (χ1v) is 12.3. The topological polar surface area (TPSA) is 96.0 Å². The number of nitrogens with zero attached hydrogens (tertiary/aromatic N) is 2. The Hall–Kier alpha value is -2.97. The van der Waals surface area contributed by atoms with E-state index in [0.29, 0.717) is 21.6 Å². The fourth-order valence-corrected chi connectivity index (χ4v) is 4.74. The van der Waals surface area contributed by atoms with E-state index in [9.17, 15) is 9.59 Å². The van der Waals surface area contributed by atoms with E-state index in [0.717, 1.165) is 36.8 Å². The van der Waals surface area contributed by atoms with Crippen LogP contribution in [0.1, 0.15) is 37.7 Å². The highest BCUT2D eigenvalue weighted by atomic mass is 35.5. The first kappa shape index (κ1) is 23.2. The van der Waals surface area contributed by atoms with E-state index in [4.69, 9.17) is 11.6 Å². The third-order valence-corrected chi connectivity index (χ3v) is 6.73. The number of hydrogen-bond donors (Lipinski definition) is 3. The number of nitrogens with one attached hydrogen (secondary N) is 3. The Morgan fingerprint density at radius 1 is 1.00 bits per heavy atom. The van der Waals surface area contributed by atoms with E-state index in [2.05, 4.69) is 26.1 Å². The molecule has 0 saturated heterocycles. The molecule has 3 aromatic rings. The van der Waals surface area contributed by atoms with Crippen molar-refractivity contribution in [2.45, 2.75) is 50.6 Å². The molecule has 2 aromatic carbocycles. The first-order valence-electron chi connectivity index (χ1n) is 11.1. The van der Waals surface area contributed by atoms with Crippen LogP contribution < -0.4 is 16.0 Å². The second-order valence-corrected chi connectivity index (χ2v) is 9.52. The zero-order valence-corrected chi connectivity index (χ0v) is 19.7. The van der Waals surface area contributed by atoms with Gasteiger partial charge >= 0.3 is 6.03 Å². The third-order valence-electron chi connectivity index (χ3n) is 5.59. The Morgan fingerprint density at radius 2 is 1.73 bits per heavy atom. The summed E-state index contributed by atoms with van der Waals surface area (Å²) in [6, 6.07) is 16.0. The van der Waals surface area contributed by atoms with Crippen LogP contribution in [0.2, 0.25) is 5.02 Å². The van der Waals surface area contributed by atoms with Gasteiger partial charge in [0.15, 0.2) is 0 Å². The lowest BCUT2D eigenvalue weighted by atomic mass is 9.96. The van der Waals surface area contributed by atoms with Gasteiger partial charge in [0, 0.05) is 23.0 Å². The number of urea groups is 1. The maximum absolute atomic E-state index is 13.1. The lowest BCUT2D eigenvalue weighted by molar-refractivity contribution is -0.117. The van der Waals surface area contributed by atoms with Gasteiger partial charge < -0.3 is 10.6 Å². The van der Waals surface area contributed by atoms with Crippen LogP contribution in [0.4, 0.5) is 9.93 Å². The number of benzene rings is 2. The molecular formula is C24H26ClN5O2S. The third kappa shape index (κ3) is 6.76. The number of halogens is 1. The summed E-state index contributed by atoms with van der Waals surface area (Å²) in [7, 11) is 0. The van der Waals surface area contributed by atoms with Crippen LogP contribution in [0.3, 0.4) is 0 Å². The zero-order chi connectivity index (χ0) is 23.0. The summed E-state index contributed by atoms with van der Waals surface area (Å²) < 4.78 is 0. The minimum Gasteiger partial charge on any atom is -0.335 e. The predicted molar refractivity (Wildman–Crippen MR) is 131 cm³/mol. The minimum atomic E-state index is -0.751. The summed E-state index contributed by atoms with van der Waals surface area (Å²) in [5.74, 6) is -0.337. The van der Waals surface area contributed by atoms with Crippen molar-refractivity contribution in [2.24, 2.45) is 0 Å². The van der Waals surface area contributed by atoms with Crippen molar-refractivity contribution in [1.29, 1.82) is 0 Å². The molecule has 3 N–H and O–H groups in total. The van der Waals surface area contributed by atoms with Crippen LogP contribution in [0.5, 0.6) is 0 Å². The Labute approximate surface area is 202 Å². The van der Waals surface area contributed by atoms with E-state index in [1.165, 1.54) is 17.8 Å². The van der Waals surface area contributed by atoms with Gasteiger partial charge in [-0.2, -0.15) is 0 Å². The van der Waals surface area contributed by atoms with E-state index >= 15 is 0 Å². The Morgan fingerprint density at radius 3 is 2.45 bits per heavy atom. The predicted octanol–water partition coefficient (Wildman–Crippen LogP) is 5.04. The molecule has 0 radical (unpaired) electrons. The summed E-state index contributed by atoms with van der Waals surface area (Å²) in [5, 5.41) is 18.6. The van der Waals surface area contributed by atoms with Gasteiger partial charge in [0.2, 0.25) is 11.0 Å². The fraction of sp³-hybridized carbons (Fsp3) is 0.333. The Kier molecular flexibility index (Phi) is 7.91. The van der Waals surface area contributed by atoms with Crippen molar-refractivity contribution in [3.63, 3.8) is 0 Å². The zero-order valence-electron chi connectivity index (χ0n) is 18.1. The summed E-state index contributed by atoms with van der Waals surface area (Å²) in [4.78, 5) is 25.7. The summed E-state index contributed by atoms with van der Waals surface area (Å²) >= 11 is 7.21. The molecule has 33 heavy (non-hydrogen) atoms. The maximum Gasteiger partial charge on any atom is 0.315 e. The molecule has 1 atom stereocenters. The highest BCUT2D eigenvalue weighted by molar-refractivity contribution is 7.18. The monoisotopic (exact) mass is 483 g/mol. The largest absolute Gasteiger partial charge is 0.335 e. The van der Waals surface area contributed by atoms with E-state index < -0.39 is 6.04 Å². The number of rotatable bonds is 7. The van der Waals surface area contributed by atoms with Gasteiger partial charge in [-0.3, -0.25) is 10.1 Å². The second kappa shape index (κ2) is 11.2. The van der Waals surface area contributed by atoms with Crippen molar-refractivity contribution in [1.82, 2.24) is 20.8 Å². The molecule has 1 heterocycles. The van der Waals surface area contributed by atoms with Crippen molar-refractivity contribution in [3.8, 4) is 10.6 Å². The number of carbonyl (C=O) groups is 2. The van der Waals surface area contributed by atoms with E-state index in [1.54, 1.807) is 12.1 Å². The molecule has 1 aromatic heterocycles. The minimum absolute atomic E-state index is 0.157. The van der Waals surface area contributed by atoms with Gasteiger partial charge in [-0.05, 0) is 30.5 Å². The highest BCUT2D eigenvalue weighted by Gasteiger charge is 2.24. The maximum atomic E-state index is 13.1. The standard InChI is InChI=1S/C24H26ClN5O2S/c25-18-13-11-17(12-14-18)22-29-30-24(33-22)28-21(31)20(15-16-7-3-1-4-8-16)27-23(32)26-19-9-5-2-6-10-19/h1,3-4,7-8,11-14,19-20H,2,5-6,9-10,15H2,(H2,26,27,32)(H,28,30,31). The summed E-state index contributed by atoms with van der Waals surface area (Å²) in [6.07, 6.45) is 5.76. The molecule has 3 amide bonds. The smallest absolute Gasteiger partial charge is 0.315 e. The number of aromatic nitrogens is 2. The first-order chi connectivity index (χ1) is 16.1. The number of anilines is 1. The van der Waals surface area contributed by atoms with Gasteiger partial charge in [-0.15, -0.1) is 10.2 Å². The van der Waals surface area contributed by atoms with Gasteiger partial charge in [-0.1, -0.05) is 84.7 Å². The molecule has 9 heteroatoms. The molecule has 7 nitrogen and oxygen atoms in total. The molecular weight excluding hydrogens is 458 g/mol. The average Bonchev–Trinajstić information content (AvgIpc) is 3.29. The van der Waals surface area contributed by atoms with E-state index in [-0.39, 0.29) is 18.0 Å². The second-order valence-electron chi connectivity index (χ2n) is 8.10. The molecule has 0 spiro atoms. The molecule has 0 aliphatic heterocycles. The van der Waals surface area contributed by atoms with Gasteiger partial charge in [-0.25, -0.2) is 4.79 Å². The van der Waals surface area contributed by atoms with E-state index in [1.807, 2.05) is 42.5 Å². The average molecular weight is 484 g/mol. The summed E-state index contributed by atoms with van der Waals surface area (Å²) in [6.45, 7) is 0. The fourth-order valence-electron chi connectivity index (χ4n) is 3.87. The van der Waals surface area contributed by atoms with Crippen LogP contribution >= 0.6 is 22.9 Å². The Bertz CT molecular complexity index is 1070.